The Balaban J connectivity index is 1.63. The molecule has 0 fully saturated rings. The number of anilines is 2. The van der Waals surface area contributed by atoms with E-state index in [0.717, 1.165) is 56.3 Å². The predicted molar refractivity (Wildman–Crippen MR) is 304 cm³/mol. The van der Waals surface area contributed by atoms with Gasteiger partial charge in [-0.15, -0.1) is 0 Å². The number of imidazole rings is 1. The van der Waals surface area contributed by atoms with Gasteiger partial charge in [0.15, 0.2) is 0 Å². The van der Waals surface area contributed by atoms with Crippen LogP contribution < -0.4 is 9.80 Å². The average molecular weight is 1050 g/mol. The average Bonchev–Trinajstić information content (AvgIpc) is 3.76. The van der Waals surface area contributed by atoms with Gasteiger partial charge in [-0.05, 0) is 128 Å². The number of hydrogen-bond donors (Lipinski definition) is 1. The number of phenols is 1. The van der Waals surface area contributed by atoms with Crippen LogP contribution in [0.15, 0.2) is 91.0 Å². The zero-order valence-corrected chi connectivity index (χ0v) is 49.1. The summed E-state index contributed by atoms with van der Waals surface area (Å²) in [5.74, 6) is 1.02. The molecule has 0 spiro atoms. The Morgan fingerprint density at radius 1 is 0.541 bits per heavy atom. The predicted octanol–water partition coefficient (Wildman–Crippen LogP) is 13.5. The molecular formula is C59H86N4O9Si2. The van der Waals surface area contributed by atoms with Gasteiger partial charge in [-0.2, -0.15) is 0 Å². The Kier molecular flexibility index (Phi) is 22.0. The number of carbonyl (C=O) groups is 2. The van der Waals surface area contributed by atoms with Crippen LogP contribution in [0.2, 0.25) is 12.1 Å². The van der Waals surface area contributed by atoms with Crippen molar-refractivity contribution in [1.82, 2.24) is 9.55 Å². The molecule has 2 amide bonds. The molecule has 0 atom stereocenters. The topological polar surface area (TPSA) is 134 Å². The SMILES string of the molecule is CCO[Si](CCCC(=O)N(CC)c1ccc(-c2nc(-c3cc(C(C)(C)C)c(O)c(C(C)(C)C)c3)n(-c3ccccc3)c2-c2ccc(N(CC)C(=O)CCC[Si](OCC)(OCC)OCC)cc2)cc1)(OCC)OCC. The Hall–Kier alpha value is -4.98. The minimum atomic E-state index is -2.90. The fourth-order valence-corrected chi connectivity index (χ4v) is 14.8. The monoisotopic (exact) mass is 1050 g/mol. The molecule has 1 heterocycles. The van der Waals surface area contributed by atoms with E-state index in [1.165, 1.54) is 0 Å². The van der Waals surface area contributed by atoms with E-state index in [4.69, 9.17) is 31.5 Å². The number of aromatic hydroxyl groups is 1. The molecular weight excluding hydrogens is 965 g/mol. The molecule has 0 unspecified atom stereocenters. The minimum Gasteiger partial charge on any atom is -0.507 e. The Bertz CT molecular complexity index is 2490. The number of rotatable bonds is 28. The Labute approximate surface area is 445 Å². The molecule has 5 rings (SSSR count). The summed E-state index contributed by atoms with van der Waals surface area (Å²) in [6.45, 7) is 32.2. The van der Waals surface area contributed by atoms with Crippen molar-refractivity contribution in [1.29, 1.82) is 0 Å². The van der Waals surface area contributed by atoms with E-state index in [-0.39, 0.29) is 22.6 Å². The fraction of sp³-hybridized carbons (Fsp3) is 0.508. The first kappa shape index (κ1) is 59.9. The summed E-state index contributed by atoms with van der Waals surface area (Å²) in [5, 5.41) is 11.9. The highest BCUT2D eigenvalue weighted by Gasteiger charge is 2.41. The first-order valence-electron chi connectivity index (χ1n) is 27.0. The van der Waals surface area contributed by atoms with E-state index < -0.39 is 17.6 Å². The molecule has 1 N–H and O–H groups in total. The van der Waals surface area contributed by atoms with Gasteiger partial charge in [0.25, 0.3) is 0 Å². The maximum absolute atomic E-state index is 14.0. The fourth-order valence-electron chi connectivity index (χ4n) is 9.61. The van der Waals surface area contributed by atoms with Crippen molar-refractivity contribution in [3.8, 4) is 45.3 Å². The van der Waals surface area contributed by atoms with Crippen LogP contribution in [0.5, 0.6) is 5.75 Å². The lowest BCUT2D eigenvalue weighted by Crippen LogP contribution is -2.46. The second-order valence-corrected chi connectivity index (χ2v) is 25.7. The van der Waals surface area contributed by atoms with Crippen LogP contribution in [0.25, 0.3) is 39.6 Å². The second kappa shape index (κ2) is 27.2. The van der Waals surface area contributed by atoms with Crippen molar-refractivity contribution < 1.29 is 41.3 Å². The van der Waals surface area contributed by atoms with Crippen LogP contribution in [0.4, 0.5) is 11.4 Å². The van der Waals surface area contributed by atoms with Gasteiger partial charge in [-0.25, -0.2) is 4.98 Å². The quantitative estimate of drug-likeness (QED) is 0.0483. The molecule has 74 heavy (non-hydrogen) atoms. The number of carbonyl (C=O) groups excluding carboxylic acids is 2. The third kappa shape index (κ3) is 14.7. The minimum absolute atomic E-state index is 0.0109. The summed E-state index contributed by atoms with van der Waals surface area (Å²) in [7, 11) is -5.80. The van der Waals surface area contributed by atoms with Gasteiger partial charge in [-0.3, -0.25) is 14.2 Å². The molecule has 0 aliphatic rings. The number of benzene rings is 4. The van der Waals surface area contributed by atoms with E-state index in [1.807, 2.05) is 120 Å². The van der Waals surface area contributed by atoms with Gasteiger partial charge in [0.2, 0.25) is 11.8 Å². The molecule has 4 aromatic carbocycles. The standard InChI is InChI=1S/C59H86N4O9Si2/c1-15-61(52(64)30-26-40-73(67-17-3,68-18-4)69-19-5)47-36-32-44(33-37-47)54-55(45-34-38-48(39-35-45)62(16-2)53(65)31-27-41-74(70-20-6,71-21-7)72-22-8)63(49-28-24-23-25-29-49)57(60-54)46-42-50(58(9,10)11)56(66)51(43-46)59(12,13)14/h23-25,28-29,32-39,42-43,66H,15-22,26-27,30-31,40-41H2,1-14H3. The van der Waals surface area contributed by atoms with E-state index in [2.05, 4.69) is 82.5 Å². The molecule has 0 saturated carbocycles. The number of aromatic nitrogens is 2. The van der Waals surface area contributed by atoms with Crippen LogP contribution in [-0.2, 0) is 47.0 Å². The van der Waals surface area contributed by atoms with Crippen molar-refractivity contribution in [2.45, 2.75) is 146 Å². The molecule has 0 radical (unpaired) electrons. The van der Waals surface area contributed by atoms with Gasteiger partial charge in [0.05, 0.1) is 11.4 Å². The molecule has 0 saturated heterocycles. The van der Waals surface area contributed by atoms with Gasteiger partial charge in [0.1, 0.15) is 11.6 Å². The molecule has 404 valence electrons. The number of para-hydroxylation sites is 1. The van der Waals surface area contributed by atoms with Crippen LogP contribution in [0.3, 0.4) is 0 Å². The maximum Gasteiger partial charge on any atom is 0.500 e. The maximum atomic E-state index is 14.0. The lowest BCUT2D eigenvalue weighted by molar-refractivity contribution is -0.119. The summed E-state index contributed by atoms with van der Waals surface area (Å²) >= 11 is 0. The van der Waals surface area contributed by atoms with E-state index in [9.17, 15) is 14.7 Å². The zero-order chi connectivity index (χ0) is 54.3. The van der Waals surface area contributed by atoms with Crippen LogP contribution in [0.1, 0.15) is 134 Å². The summed E-state index contributed by atoms with van der Waals surface area (Å²) < 4.78 is 38.6. The lowest BCUT2D eigenvalue weighted by atomic mass is 9.78. The number of amides is 2. The van der Waals surface area contributed by atoms with Crippen LogP contribution in [-0.4, -0.2) is 96.8 Å². The van der Waals surface area contributed by atoms with E-state index in [0.29, 0.717) is 102 Å². The zero-order valence-electron chi connectivity index (χ0n) is 47.1. The lowest BCUT2D eigenvalue weighted by Gasteiger charge is -2.29. The summed E-state index contributed by atoms with van der Waals surface area (Å²) in [5.41, 5.74) is 7.57. The van der Waals surface area contributed by atoms with Crippen molar-refractivity contribution in [3.63, 3.8) is 0 Å². The van der Waals surface area contributed by atoms with Crippen LogP contribution >= 0.6 is 0 Å². The molecule has 0 aliphatic heterocycles. The molecule has 5 aromatic rings. The van der Waals surface area contributed by atoms with Crippen molar-refractivity contribution in [2.75, 3.05) is 62.5 Å². The normalized spacial score (nSPS) is 12.4. The van der Waals surface area contributed by atoms with Crippen molar-refractivity contribution in [3.05, 3.63) is 102 Å². The van der Waals surface area contributed by atoms with Crippen LogP contribution in [0, 0.1) is 0 Å². The molecule has 0 bridgehead atoms. The van der Waals surface area contributed by atoms with E-state index in [1.54, 1.807) is 0 Å². The van der Waals surface area contributed by atoms with Gasteiger partial charge < -0.3 is 41.5 Å². The molecule has 1 aromatic heterocycles. The molecule has 15 heteroatoms. The van der Waals surface area contributed by atoms with Gasteiger partial charge >= 0.3 is 17.6 Å². The van der Waals surface area contributed by atoms with Gasteiger partial charge in [-0.1, -0.05) is 84.0 Å². The largest absolute Gasteiger partial charge is 0.507 e. The highest BCUT2D eigenvalue weighted by molar-refractivity contribution is 6.61. The Morgan fingerprint density at radius 2 is 0.919 bits per heavy atom. The smallest absolute Gasteiger partial charge is 0.500 e. The Morgan fingerprint density at radius 3 is 1.27 bits per heavy atom. The molecule has 0 aliphatic carbocycles. The van der Waals surface area contributed by atoms with Gasteiger partial charge in [0, 0.05) is 123 Å². The highest BCUT2D eigenvalue weighted by Crippen LogP contribution is 2.45. The number of hydrogen-bond acceptors (Lipinski definition) is 10. The number of nitrogens with zero attached hydrogens (tertiary/aromatic N) is 4. The number of phenolic OH excluding ortho intramolecular Hbond substituents is 1. The third-order valence-electron chi connectivity index (χ3n) is 12.9. The molecule has 13 nitrogen and oxygen atoms in total. The highest BCUT2D eigenvalue weighted by atomic mass is 28.4. The summed E-state index contributed by atoms with van der Waals surface area (Å²) in [4.78, 5) is 37.2. The van der Waals surface area contributed by atoms with Crippen molar-refractivity contribution >= 4 is 40.8 Å². The third-order valence-corrected chi connectivity index (χ3v) is 19.3. The first-order valence-corrected chi connectivity index (χ1v) is 30.9. The van der Waals surface area contributed by atoms with E-state index >= 15 is 0 Å². The summed E-state index contributed by atoms with van der Waals surface area (Å²) in [6.07, 6.45) is 1.80. The van der Waals surface area contributed by atoms with Crippen molar-refractivity contribution in [2.24, 2.45) is 0 Å². The summed E-state index contributed by atoms with van der Waals surface area (Å²) in [6, 6.07) is 31.7. The second-order valence-electron chi connectivity index (χ2n) is 20.3. The first-order chi connectivity index (χ1) is 35.3.